The summed E-state index contributed by atoms with van der Waals surface area (Å²) in [5.74, 6) is -2.33. The first-order chi connectivity index (χ1) is 12.7. The molecule has 27 heavy (non-hydrogen) atoms. The van der Waals surface area contributed by atoms with E-state index < -0.39 is 36.7 Å². The highest BCUT2D eigenvalue weighted by Gasteiger charge is 2.60. The van der Waals surface area contributed by atoms with E-state index in [1.54, 1.807) is 0 Å². The Kier molecular flexibility index (Phi) is 9.76. The van der Waals surface area contributed by atoms with E-state index in [0.29, 0.717) is 6.42 Å². The maximum Gasteiger partial charge on any atom is 0.436 e. The molecule has 1 rings (SSSR count). The minimum Gasteiger partial charge on any atom is -0.457 e. The van der Waals surface area contributed by atoms with Crippen molar-refractivity contribution in [1.29, 1.82) is 0 Å². The minimum atomic E-state index is -5.40. The van der Waals surface area contributed by atoms with Crippen LogP contribution in [0.3, 0.4) is 0 Å². The third-order valence-electron chi connectivity index (χ3n) is 3.84. The number of carbonyl (C=O) groups excluding carboxylic acids is 1. The van der Waals surface area contributed by atoms with Crippen molar-refractivity contribution in [3.05, 3.63) is 24.2 Å². The van der Waals surface area contributed by atoms with Gasteiger partial charge in [0.05, 0.1) is 6.26 Å². The number of unbranched alkanes of at least 4 members (excludes halogenated alkanes) is 7. The quantitative estimate of drug-likeness (QED) is 0.227. The first-order valence-corrected chi connectivity index (χ1v) is 9.01. The molecular formula is C18H25F5O4. The fourth-order valence-electron chi connectivity index (χ4n) is 2.44. The van der Waals surface area contributed by atoms with Crippen LogP contribution in [0.15, 0.2) is 22.8 Å². The summed E-state index contributed by atoms with van der Waals surface area (Å²) in [5.41, 5.74) is 0. The number of alkyl halides is 5. The number of carbonyl (C=O) groups is 1. The monoisotopic (exact) mass is 400 g/mol. The van der Waals surface area contributed by atoms with Gasteiger partial charge in [-0.05, 0) is 18.6 Å². The molecule has 4 nitrogen and oxygen atoms in total. The number of furan rings is 1. The summed E-state index contributed by atoms with van der Waals surface area (Å²) in [4.78, 5) is 11.5. The molecule has 0 amide bonds. The summed E-state index contributed by atoms with van der Waals surface area (Å²) in [6.45, 7) is 1.59. The van der Waals surface area contributed by atoms with Gasteiger partial charge in [-0.3, -0.25) is 0 Å². The van der Waals surface area contributed by atoms with Crippen LogP contribution in [-0.2, 0) is 9.47 Å². The Bertz CT molecular complexity index is 528. The Hall–Kier alpha value is -1.64. The van der Waals surface area contributed by atoms with Gasteiger partial charge in [0, 0.05) is 6.61 Å². The first-order valence-electron chi connectivity index (χ1n) is 9.01. The maximum atomic E-state index is 13.8. The van der Waals surface area contributed by atoms with Crippen LogP contribution in [0.25, 0.3) is 0 Å². The average molecular weight is 400 g/mol. The number of rotatable bonds is 13. The zero-order valence-corrected chi connectivity index (χ0v) is 15.2. The SMILES string of the molecule is CCCCCCCCCCOC(C(F)(F)F)C(F)(F)OC(=O)c1ccco1. The summed E-state index contributed by atoms with van der Waals surface area (Å²) in [6, 6.07) is 2.22. The van der Waals surface area contributed by atoms with Gasteiger partial charge in [-0.2, -0.15) is 22.0 Å². The molecule has 0 radical (unpaired) electrons. The van der Waals surface area contributed by atoms with Crippen LogP contribution in [0.5, 0.6) is 0 Å². The molecule has 0 fully saturated rings. The first kappa shape index (κ1) is 23.4. The number of esters is 1. The molecule has 0 aliphatic carbocycles. The Morgan fingerprint density at radius 1 is 1.04 bits per heavy atom. The van der Waals surface area contributed by atoms with Gasteiger partial charge in [0.2, 0.25) is 5.76 Å². The molecular weight excluding hydrogens is 375 g/mol. The molecule has 1 aromatic heterocycles. The Morgan fingerprint density at radius 3 is 2.15 bits per heavy atom. The van der Waals surface area contributed by atoms with Gasteiger partial charge >= 0.3 is 18.3 Å². The molecule has 0 aromatic carbocycles. The van der Waals surface area contributed by atoms with E-state index in [1.165, 1.54) is 6.07 Å². The summed E-state index contributed by atoms with van der Waals surface area (Å²) in [6.07, 6.45) is -5.85. The van der Waals surface area contributed by atoms with Crippen molar-refractivity contribution in [2.24, 2.45) is 0 Å². The van der Waals surface area contributed by atoms with E-state index in [4.69, 9.17) is 0 Å². The Labute approximate surface area is 155 Å². The van der Waals surface area contributed by atoms with Crippen molar-refractivity contribution in [2.45, 2.75) is 76.7 Å². The normalized spacial score (nSPS) is 13.6. The van der Waals surface area contributed by atoms with Crippen LogP contribution in [0.1, 0.15) is 68.8 Å². The zero-order chi connectivity index (χ0) is 20.3. The minimum absolute atomic E-state index is 0.211. The van der Waals surface area contributed by atoms with Crippen LogP contribution in [0.4, 0.5) is 22.0 Å². The largest absolute Gasteiger partial charge is 0.457 e. The van der Waals surface area contributed by atoms with Crippen molar-refractivity contribution in [3.8, 4) is 0 Å². The summed E-state index contributed by atoms with van der Waals surface area (Å²) in [7, 11) is 0. The molecule has 0 bridgehead atoms. The number of ether oxygens (including phenoxy) is 2. The van der Waals surface area contributed by atoms with Gasteiger partial charge in [0.25, 0.3) is 6.10 Å². The summed E-state index contributed by atoms with van der Waals surface area (Å²) < 4.78 is 79.1. The van der Waals surface area contributed by atoms with E-state index in [0.717, 1.165) is 50.9 Å². The molecule has 1 aromatic rings. The summed E-state index contributed by atoms with van der Waals surface area (Å²) in [5, 5.41) is 0. The fraction of sp³-hybridized carbons (Fsp3) is 0.722. The standard InChI is InChI=1S/C18H25F5O4/c1-2-3-4-5-6-7-8-9-12-26-16(17(19,20)21)18(22,23)27-15(24)14-11-10-13-25-14/h10-11,13,16H,2-9,12H2,1H3. The molecule has 0 N–H and O–H groups in total. The Balaban J connectivity index is 2.44. The topological polar surface area (TPSA) is 48.7 Å². The highest BCUT2D eigenvalue weighted by molar-refractivity contribution is 5.86. The van der Waals surface area contributed by atoms with Crippen molar-refractivity contribution in [3.63, 3.8) is 0 Å². The highest BCUT2D eigenvalue weighted by Crippen LogP contribution is 2.36. The van der Waals surface area contributed by atoms with E-state index in [9.17, 15) is 26.7 Å². The molecule has 1 atom stereocenters. The lowest BCUT2D eigenvalue weighted by Crippen LogP contribution is -2.49. The van der Waals surface area contributed by atoms with E-state index in [1.807, 2.05) is 0 Å². The van der Waals surface area contributed by atoms with Crippen molar-refractivity contribution in [1.82, 2.24) is 0 Å². The molecule has 0 aliphatic rings. The van der Waals surface area contributed by atoms with E-state index in [2.05, 4.69) is 20.8 Å². The van der Waals surface area contributed by atoms with Gasteiger partial charge in [0.15, 0.2) is 0 Å². The molecule has 156 valence electrons. The fourth-order valence-corrected chi connectivity index (χ4v) is 2.44. The van der Waals surface area contributed by atoms with Gasteiger partial charge in [-0.25, -0.2) is 4.79 Å². The molecule has 0 spiro atoms. The predicted octanol–water partition coefficient (Wildman–Crippen LogP) is 6.12. The van der Waals surface area contributed by atoms with Gasteiger partial charge in [-0.15, -0.1) is 0 Å². The maximum absolute atomic E-state index is 13.8. The molecule has 0 saturated carbocycles. The smallest absolute Gasteiger partial charge is 0.436 e. The molecule has 0 aliphatic heterocycles. The number of hydrogen-bond donors (Lipinski definition) is 0. The van der Waals surface area contributed by atoms with Gasteiger partial charge in [-0.1, -0.05) is 51.9 Å². The molecule has 9 heteroatoms. The van der Waals surface area contributed by atoms with Crippen molar-refractivity contribution >= 4 is 5.97 Å². The third kappa shape index (κ3) is 8.73. The predicted molar refractivity (Wildman–Crippen MR) is 87.5 cm³/mol. The number of halogens is 5. The highest BCUT2D eigenvalue weighted by atomic mass is 19.4. The number of hydrogen-bond acceptors (Lipinski definition) is 4. The lowest BCUT2D eigenvalue weighted by atomic mass is 10.1. The molecule has 0 saturated heterocycles. The third-order valence-corrected chi connectivity index (χ3v) is 3.84. The van der Waals surface area contributed by atoms with Crippen LogP contribution >= 0.6 is 0 Å². The van der Waals surface area contributed by atoms with E-state index >= 15 is 0 Å². The van der Waals surface area contributed by atoms with Crippen LogP contribution in [0.2, 0.25) is 0 Å². The van der Waals surface area contributed by atoms with Crippen LogP contribution in [0, 0.1) is 0 Å². The molecule has 1 heterocycles. The lowest BCUT2D eigenvalue weighted by Gasteiger charge is -2.27. The van der Waals surface area contributed by atoms with Crippen LogP contribution in [-0.4, -0.2) is 31.0 Å². The van der Waals surface area contributed by atoms with Gasteiger partial charge < -0.3 is 13.9 Å². The van der Waals surface area contributed by atoms with Crippen LogP contribution < -0.4 is 0 Å². The summed E-state index contributed by atoms with van der Waals surface area (Å²) >= 11 is 0. The zero-order valence-electron chi connectivity index (χ0n) is 15.2. The van der Waals surface area contributed by atoms with E-state index in [-0.39, 0.29) is 6.42 Å². The second-order valence-corrected chi connectivity index (χ2v) is 6.20. The lowest BCUT2D eigenvalue weighted by molar-refractivity contribution is -0.346. The molecule has 1 unspecified atom stereocenters. The van der Waals surface area contributed by atoms with Gasteiger partial charge in [0.1, 0.15) is 0 Å². The Morgan fingerprint density at radius 2 is 1.63 bits per heavy atom. The van der Waals surface area contributed by atoms with Crippen molar-refractivity contribution in [2.75, 3.05) is 6.61 Å². The second-order valence-electron chi connectivity index (χ2n) is 6.20. The average Bonchev–Trinajstić information content (AvgIpc) is 3.09. The van der Waals surface area contributed by atoms with Crippen molar-refractivity contribution < 1.29 is 40.6 Å². The second kappa shape index (κ2) is 11.3.